The molecule has 0 unspecified atom stereocenters. The molecule has 0 spiro atoms. The van der Waals surface area contributed by atoms with Crippen molar-refractivity contribution >= 4 is 8.60 Å². The van der Waals surface area contributed by atoms with Crippen molar-refractivity contribution in [3.63, 3.8) is 0 Å². The molecule has 0 aromatic heterocycles. The summed E-state index contributed by atoms with van der Waals surface area (Å²) in [6.45, 7) is 11.9. The molecule has 0 heterocycles. The van der Waals surface area contributed by atoms with E-state index < -0.39 is 8.60 Å². The molecule has 0 radical (unpaired) electrons. The van der Waals surface area contributed by atoms with E-state index >= 15 is 0 Å². The molecule has 0 saturated heterocycles. The van der Waals surface area contributed by atoms with Gasteiger partial charge < -0.3 is 0 Å². The molecule has 0 amide bonds. The smallest absolute Gasteiger partial charge is 0.177 e. The van der Waals surface area contributed by atoms with E-state index in [1.165, 1.54) is 0 Å². The second-order valence-corrected chi connectivity index (χ2v) is 4.96. The van der Waals surface area contributed by atoms with Crippen LogP contribution in [-0.4, -0.2) is 18.3 Å². The zero-order valence-electron chi connectivity index (χ0n) is 9.77. The van der Waals surface area contributed by atoms with Crippen molar-refractivity contribution in [2.45, 2.75) is 59.9 Å². The van der Waals surface area contributed by atoms with Crippen molar-refractivity contribution < 1.29 is 34.0 Å². The van der Waals surface area contributed by atoms with Crippen molar-refractivity contribution in [1.82, 2.24) is 0 Å². The second kappa shape index (κ2) is 9.22. The van der Waals surface area contributed by atoms with Crippen molar-refractivity contribution in [1.29, 1.82) is 0 Å². The van der Waals surface area contributed by atoms with Crippen LogP contribution in [0, 0.1) is 0 Å². The standard InChI is InChI=1S/C9H22O3P.Pd/c1-7(2)10-13(11-8(3)4)12-9(5)6;/h7-9,13H,1-6H3;/q+1;. The van der Waals surface area contributed by atoms with E-state index in [9.17, 15) is 0 Å². The Hall–Kier alpha value is 0.972. The Morgan fingerprint density at radius 1 is 0.643 bits per heavy atom. The van der Waals surface area contributed by atoms with E-state index in [1.54, 1.807) is 0 Å². The molecule has 0 fully saturated rings. The maximum absolute atomic E-state index is 5.53. The molecule has 0 aliphatic heterocycles. The topological polar surface area (TPSA) is 27.7 Å². The van der Waals surface area contributed by atoms with Crippen LogP contribution in [0.4, 0.5) is 0 Å². The Kier molecular flexibility index (Phi) is 11.4. The summed E-state index contributed by atoms with van der Waals surface area (Å²) in [7, 11) is -1.54. The van der Waals surface area contributed by atoms with Crippen LogP contribution in [0.5, 0.6) is 0 Å². The van der Waals surface area contributed by atoms with Gasteiger partial charge in [0.05, 0.1) is 0 Å². The fourth-order valence-electron chi connectivity index (χ4n) is 0.661. The van der Waals surface area contributed by atoms with Crippen molar-refractivity contribution in [2.75, 3.05) is 0 Å². The summed E-state index contributed by atoms with van der Waals surface area (Å²) in [5, 5.41) is 0. The van der Waals surface area contributed by atoms with Crippen LogP contribution >= 0.6 is 8.60 Å². The van der Waals surface area contributed by atoms with Gasteiger partial charge >= 0.3 is 8.60 Å². The minimum Gasteiger partial charge on any atom is -0.177 e. The van der Waals surface area contributed by atoms with Gasteiger partial charge in [-0.15, -0.1) is 0 Å². The Labute approximate surface area is 103 Å². The molecule has 0 atom stereocenters. The Morgan fingerprint density at radius 2 is 0.857 bits per heavy atom. The predicted octanol–water partition coefficient (Wildman–Crippen LogP) is 3.22. The van der Waals surface area contributed by atoms with Crippen molar-refractivity contribution in [3.8, 4) is 0 Å². The Balaban J connectivity index is 0. The van der Waals surface area contributed by atoms with E-state index in [-0.39, 0.29) is 38.7 Å². The molecule has 0 aliphatic rings. The van der Waals surface area contributed by atoms with E-state index in [4.69, 9.17) is 13.6 Å². The van der Waals surface area contributed by atoms with Crippen molar-refractivity contribution in [2.24, 2.45) is 0 Å². The van der Waals surface area contributed by atoms with Gasteiger partial charge in [-0.3, -0.25) is 0 Å². The van der Waals surface area contributed by atoms with Crippen LogP contribution in [-0.2, 0) is 34.0 Å². The fraction of sp³-hybridized carbons (Fsp3) is 1.00. The van der Waals surface area contributed by atoms with Crippen LogP contribution in [0.15, 0.2) is 0 Å². The quantitative estimate of drug-likeness (QED) is 0.556. The molecule has 3 nitrogen and oxygen atoms in total. The first-order chi connectivity index (χ1) is 5.91. The van der Waals surface area contributed by atoms with Crippen LogP contribution in [0.25, 0.3) is 0 Å². The maximum atomic E-state index is 5.53. The van der Waals surface area contributed by atoms with E-state index in [0.29, 0.717) is 0 Å². The van der Waals surface area contributed by atoms with Gasteiger partial charge in [-0.1, -0.05) is 0 Å². The summed E-state index contributed by atoms with van der Waals surface area (Å²) >= 11 is 0. The Bertz CT molecular complexity index is 107. The average molecular weight is 316 g/mol. The maximum Gasteiger partial charge on any atom is 0.398 e. The molecule has 0 saturated carbocycles. The fourth-order valence-corrected chi connectivity index (χ4v) is 1.98. The predicted molar refractivity (Wildman–Crippen MR) is 57.0 cm³/mol. The summed E-state index contributed by atoms with van der Waals surface area (Å²) in [5.74, 6) is 0. The first kappa shape index (κ1) is 17.4. The molecule has 5 heteroatoms. The molecule has 0 aromatic rings. The van der Waals surface area contributed by atoms with Crippen LogP contribution < -0.4 is 0 Å². The zero-order chi connectivity index (χ0) is 10.4. The van der Waals surface area contributed by atoms with Crippen LogP contribution in [0.3, 0.4) is 0 Å². The van der Waals surface area contributed by atoms with Gasteiger partial charge in [0.1, 0.15) is 18.3 Å². The van der Waals surface area contributed by atoms with Gasteiger partial charge in [0.2, 0.25) is 0 Å². The zero-order valence-corrected chi connectivity index (χ0v) is 12.3. The number of rotatable bonds is 6. The van der Waals surface area contributed by atoms with E-state index in [2.05, 4.69) is 0 Å². The summed E-state index contributed by atoms with van der Waals surface area (Å²) in [6.07, 6.45) is 0.476. The molecule has 0 rings (SSSR count). The van der Waals surface area contributed by atoms with Gasteiger partial charge in [-0.2, -0.15) is 13.6 Å². The third-order valence-corrected chi connectivity index (χ3v) is 2.99. The van der Waals surface area contributed by atoms with Crippen molar-refractivity contribution in [3.05, 3.63) is 0 Å². The molecule has 0 aromatic carbocycles. The van der Waals surface area contributed by atoms with Crippen LogP contribution in [0.2, 0.25) is 0 Å². The van der Waals surface area contributed by atoms with Gasteiger partial charge in [0, 0.05) is 20.4 Å². The minimum atomic E-state index is -1.54. The molecule has 14 heavy (non-hydrogen) atoms. The Morgan fingerprint density at radius 3 is 1.00 bits per heavy atom. The molecule has 0 aliphatic carbocycles. The van der Waals surface area contributed by atoms with Gasteiger partial charge in [0.15, 0.2) is 0 Å². The van der Waals surface area contributed by atoms with Crippen LogP contribution in [0.1, 0.15) is 41.5 Å². The summed E-state index contributed by atoms with van der Waals surface area (Å²) in [4.78, 5) is 0. The summed E-state index contributed by atoms with van der Waals surface area (Å²) in [6, 6.07) is 0. The molecular formula is C9H22O3PPd+. The third-order valence-electron chi connectivity index (χ3n) is 0.996. The monoisotopic (exact) mass is 315 g/mol. The first-order valence-corrected chi connectivity index (χ1v) is 6.01. The summed E-state index contributed by atoms with van der Waals surface area (Å²) in [5.41, 5.74) is 0. The molecule has 90 valence electrons. The average Bonchev–Trinajstić information content (AvgIpc) is 1.80. The molecule has 0 N–H and O–H groups in total. The second-order valence-electron chi connectivity index (χ2n) is 3.75. The largest absolute Gasteiger partial charge is 0.398 e. The SMILES string of the molecule is CC(C)O[PH+](OC(C)C)OC(C)C.[Pd]. The van der Waals surface area contributed by atoms with Gasteiger partial charge in [-0.05, 0) is 41.5 Å². The van der Waals surface area contributed by atoms with E-state index in [1.807, 2.05) is 41.5 Å². The summed E-state index contributed by atoms with van der Waals surface area (Å²) < 4.78 is 16.6. The third kappa shape index (κ3) is 11.0. The first-order valence-electron chi connectivity index (χ1n) is 4.78. The van der Waals surface area contributed by atoms with E-state index in [0.717, 1.165) is 0 Å². The molecular weight excluding hydrogens is 293 g/mol. The van der Waals surface area contributed by atoms with Gasteiger partial charge in [0.25, 0.3) is 0 Å². The van der Waals surface area contributed by atoms with Gasteiger partial charge in [-0.25, -0.2) is 0 Å². The normalized spacial score (nSPS) is 11.6. The molecule has 0 bridgehead atoms. The minimum absolute atomic E-state index is 0. The number of hydrogen-bond acceptors (Lipinski definition) is 3. The number of hydrogen-bond donors (Lipinski definition) is 0.